The third-order valence-electron chi connectivity index (χ3n) is 4.67. The highest BCUT2D eigenvalue weighted by molar-refractivity contribution is 6.39. The largest absolute Gasteiger partial charge is 0.327 e. The molecule has 1 aromatic heterocycles. The predicted octanol–water partition coefficient (Wildman–Crippen LogP) is 2.78. The van der Waals surface area contributed by atoms with Crippen LogP contribution in [0.4, 0.5) is 10.1 Å². The Labute approximate surface area is 145 Å². The monoisotopic (exact) mass is 344 g/mol. The molecule has 0 saturated carbocycles. The Balaban J connectivity index is 1.80. The summed E-state index contributed by atoms with van der Waals surface area (Å²) < 4.78 is 14.1. The first-order chi connectivity index (χ1) is 11.9. The number of likely N-dealkylation sites (tertiary alicyclic amines) is 1. The van der Waals surface area contributed by atoms with Gasteiger partial charge in [0.15, 0.2) is 0 Å². The fourth-order valence-electron chi connectivity index (χ4n) is 3.41. The maximum Gasteiger partial charge on any atom is 0.314 e. The van der Waals surface area contributed by atoms with Gasteiger partial charge in [-0.05, 0) is 45.2 Å². The third-order valence-corrected chi connectivity index (χ3v) is 4.67. The number of benzene rings is 1. The molecule has 2 heterocycles. The van der Waals surface area contributed by atoms with Gasteiger partial charge >= 0.3 is 11.8 Å². The smallest absolute Gasteiger partial charge is 0.314 e. The quantitative estimate of drug-likeness (QED) is 0.822. The van der Waals surface area contributed by atoms with E-state index < -0.39 is 17.6 Å². The van der Waals surface area contributed by atoms with Gasteiger partial charge in [-0.15, -0.1) is 0 Å². The summed E-state index contributed by atoms with van der Waals surface area (Å²) in [5.74, 6) is -2.00. The average Bonchev–Trinajstić information content (AvgIpc) is 3.17. The van der Waals surface area contributed by atoms with Gasteiger partial charge in [-0.1, -0.05) is 12.1 Å². The minimum absolute atomic E-state index is 0.0183. The maximum absolute atomic E-state index is 14.1. The van der Waals surface area contributed by atoms with Crippen molar-refractivity contribution >= 4 is 17.5 Å². The second-order valence-electron chi connectivity index (χ2n) is 6.39. The molecule has 7 heteroatoms. The summed E-state index contributed by atoms with van der Waals surface area (Å²) in [5.41, 5.74) is 3.11. The minimum Gasteiger partial charge on any atom is -0.327 e. The van der Waals surface area contributed by atoms with Gasteiger partial charge in [-0.3, -0.25) is 14.7 Å². The fourth-order valence-corrected chi connectivity index (χ4v) is 3.41. The zero-order valence-electron chi connectivity index (χ0n) is 14.5. The van der Waals surface area contributed by atoms with Gasteiger partial charge in [0.05, 0.1) is 17.4 Å². The Morgan fingerprint density at radius 3 is 2.76 bits per heavy atom. The van der Waals surface area contributed by atoms with Crippen LogP contribution in [-0.2, 0) is 9.59 Å². The molecule has 1 atom stereocenters. The number of amides is 2. The van der Waals surface area contributed by atoms with Gasteiger partial charge in [-0.2, -0.15) is 5.10 Å². The zero-order chi connectivity index (χ0) is 18.1. The number of hydrogen-bond acceptors (Lipinski definition) is 3. The highest BCUT2D eigenvalue weighted by Crippen LogP contribution is 2.35. The molecule has 1 saturated heterocycles. The molecule has 1 fully saturated rings. The van der Waals surface area contributed by atoms with Gasteiger partial charge in [-0.25, -0.2) is 4.39 Å². The summed E-state index contributed by atoms with van der Waals surface area (Å²) in [6.45, 7) is 5.88. The Morgan fingerprint density at radius 2 is 2.08 bits per heavy atom. The molecule has 3 rings (SSSR count). The summed E-state index contributed by atoms with van der Waals surface area (Å²) in [7, 11) is 0. The van der Waals surface area contributed by atoms with Crippen molar-refractivity contribution in [3.05, 3.63) is 46.5 Å². The number of H-pyrrole nitrogens is 1. The number of aromatic nitrogens is 2. The summed E-state index contributed by atoms with van der Waals surface area (Å²) >= 11 is 0. The molecule has 25 heavy (non-hydrogen) atoms. The molecular weight excluding hydrogens is 323 g/mol. The molecule has 0 bridgehead atoms. The van der Waals surface area contributed by atoms with E-state index in [0.717, 1.165) is 29.8 Å². The number of aryl methyl sites for hydroxylation is 3. The number of nitrogens with one attached hydrogen (secondary N) is 2. The first-order valence-electron chi connectivity index (χ1n) is 8.28. The Kier molecular flexibility index (Phi) is 4.57. The molecule has 0 radical (unpaired) electrons. The lowest BCUT2D eigenvalue weighted by atomic mass is 10.0. The van der Waals surface area contributed by atoms with Crippen LogP contribution in [0.2, 0.25) is 0 Å². The number of carbonyl (C=O) groups is 2. The van der Waals surface area contributed by atoms with Crippen LogP contribution >= 0.6 is 0 Å². The molecule has 2 N–H and O–H groups in total. The lowest BCUT2D eigenvalue weighted by Gasteiger charge is -2.24. The molecule has 1 aromatic carbocycles. The van der Waals surface area contributed by atoms with Crippen LogP contribution < -0.4 is 5.32 Å². The van der Waals surface area contributed by atoms with E-state index in [1.807, 2.05) is 13.8 Å². The molecule has 2 aromatic rings. The number of anilines is 1. The van der Waals surface area contributed by atoms with E-state index in [-0.39, 0.29) is 11.7 Å². The van der Waals surface area contributed by atoms with Crippen LogP contribution in [-0.4, -0.2) is 33.5 Å². The fraction of sp³-hybridized carbons (Fsp3) is 0.389. The van der Waals surface area contributed by atoms with Crippen LogP contribution in [0.3, 0.4) is 0 Å². The highest BCUT2D eigenvalue weighted by Gasteiger charge is 2.36. The van der Waals surface area contributed by atoms with E-state index in [2.05, 4.69) is 15.5 Å². The number of aromatic amines is 1. The van der Waals surface area contributed by atoms with E-state index in [0.29, 0.717) is 12.1 Å². The van der Waals surface area contributed by atoms with Crippen LogP contribution in [0.15, 0.2) is 18.2 Å². The Morgan fingerprint density at radius 1 is 1.32 bits per heavy atom. The average molecular weight is 344 g/mol. The van der Waals surface area contributed by atoms with Crippen molar-refractivity contribution in [2.24, 2.45) is 0 Å². The standard InChI is InChI=1S/C18H21FN4O2/c1-10-6-4-7-13(16(10)19)20-17(24)18(25)23-9-5-8-14(23)15-11(2)21-22-12(15)3/h4,6-7,14H,5,8-9H2,1-3H3,(H,20,24)(H,21,22)/t14-/m0/s1. The number of rotatable bonds is 2. The second-order valence-corrected chi connectivity index (χ2v) is 6.39. The SMILES string of the molecule is Cc1cccc(NC(=O)C(=O)N2CCC[C@H]2c2c(C)n[nH]c2C)c1F. The zero-order valence-corrected chi connectivity index (χ0v) is 14.5. The molecule has 1 aliphatic rings. The van der Waals surface area contributed by atoms with Gasteiger partial charge in [0.25, 0.3) is 0 Å². The van der Waals surface area contributed by atoms with Crippen molar-refractivity contribution in [2.75, 3.05) is 11.9 Å². The maximum atomic E-state index is 14.1. The summed E-state index contributed by atoms with van der Waals surface area (Å²) in [5, 5.41) is 9.49. The van der Waals surface area contributed by atoms with E-state index in [9.17, 15) is 14.0 Å². The summed E-state index contributed by atoms with van der Waals surface area (Å²) in [4.78, 5) is 26.5. The Hall–Kier alpha value is -2.70. The van der Waals surface area contributed by atoms with Gasteiger partial charge in [0.1, 0.15) is 5.82 Å². The van der Waals surface area contributed by atoms with Gasteiger partial charge in [0, 0.05) is 17.8 Å². The van der Waals surface area contributed by atoms with Crippen LogP contribution in [0.25, 0.3) is 0 Å². The van der Waals surface area contributed by atoms with Crippen molar-refractivity contribution in [3.63, 3.8) is 0 Å². The molecule has 132 valence electrons. The lowest BCUT2D eigenvalue weighted by Crippen LogP contribution is -2.39. The number of halogens is 1. The summed E-state index contributed by atoms with van der Waals surface area (Å²) in [6.07, 6.45) is 1.59. The first kappa shape index (κ1) is 17.1. The second kappa shape index (κ2) is 6.66. The minimum atomic E-state index is -0.824. The Bertz CT molecular complexity index is 811. The third kappa shape index (κ3) is 3.14. The van der Waals surface area contributed by atoms with Gasteiger partial charge < -0.3 is 10.2 Å². The molecule has 6 nitrogen and oxygen atoms in total. The predicted molar refractivity (Wildman–Crippen MR) is 91.5 cm³/mol. The van der Waals surface area contributed by atoms with E-state index in [1.54, 1.807) is 24.0 Å². The number of carbonyl (C=O) groups excluding carboxylic acids is 2. The van der Waals surface area contributed by atoms with Crippen LogP contribution in [0, 0.1) is 26.6 Å². The van der Waals surface area contributed by atoms with Crippen molar-refractivity contribution in [1.82, 2.24) is 15.1 Å². The van der Waals surface area contributed by atoms with Crippen LogP contribution in [0.5, 0.6) is 0 Å². The summed E-state index contributed by atoms with van der Waals surface area (Å²) in [6, 6.07) is 4.50. The highest BCUT2D eigenvalue weighted by atomic mass is 19.1. The van der Waals surface area contributed by atoms with Gasteiger partial charge in [0.2, 0.25) is 0 Å². The van der Waals surface area contributed by atoms with Crippen molar-refractivity contribution in [1.29, 1.82) is 0 Å². The molecule has 2 amide bonds. The normalized spacial score (nSPS) is 17.0. The molecule has 1 aliphatic heterocycles. The molecular formula is C18H21FN4O2. The molecule has 0 unspecified atom stereocenters. The van der Waals surface area contributed by atoms with Crippen LogP contribution in [0.1, 0.15) is 41.4 Å². The van der Waals surface area contributed by atoms with Crippen molar-refractivity contribution in [3.8, 4) is 0 Å². The molecule has 0 spiro atoms. The topological polar surface area (TPSA) is 78.1 Å². The lowest BCUT2D eigenvalue weighted by molar-refractivity contribution is -0.143. The number of hydrogen-bond donors (Lipinski definition) is 2. The van der Waals surface area contributed by atoms with E-state index >= 15 is 0 Å². The van der Waals surface area contributed by atoms with Crippen molar-refractivity contribution in [2.45, 2.75) is 39.7 Å². The first-order valence-corrected chi connectivity index (χ1v) is 8.28. The van der Waals surface area contributed by atoms with E-state index in [4.69, 9.17) is 0 Å². The number of nitrogens with zero attached hydrogens (tertiary/aromatic N) is 2. The van der Waals surface area contributed by atoms with Crippen molar-refractivity contribution < 1.29 is 14.0 Å². The van der Waals surface area contributed by atoms with E-state index in [1.165, 1.54) is 6.07 Å². The molecule has 0 aliphatic carbocycles.